The van der Waals surface area contributed by atoms with Crippen LogP contribution in [0.5, 0.6) is 0 Å². The van der Waals surface area contributed by atoms with Crippen LogP contribution in [0.4, 0.5) is 0 Å². The van der Waals surface area contributed by atoms with Crippen molar-refractivity contribution in [1.29, 1.82) is 0 Å². The highest BCUT2D eigenvalue weighted by molar-refractivity contribution is 5.89. The molecule has 0 unspecified atom stereocenters. The Labute approximate surface area is 116 Å². The average Bonchev–Trinajstić information content (AvgIpc) is 2.88. The number of ether oxygens (including phenoxy) is 1. The van der Waals surface area contributed by atoms with E-state index in [1.165, 1.54) is 12.8 Å². The van der Waals surface area contributed by atoms with Crippen LogP contribution in [0.15, 0.2) is 0 Å². The lowest BCUT2D eigenvalue weighted by Gasteiger charge is -2.55. The number of carbonyl (C=O) groups is 1. The number of likely N-dealkylation sites (tertiary alicyclic amines) is 2. The minimum atomic E-state index is -0.0544. The number of piperidine rings is 1. The summed E-state index contributed by atoms with van der Waals surface area (Å²) >= 11 is 0. The Balaban J connectivity index is 1.58. The number of amides is 1. The first-order chi connectivity index (χ1) is 9.11. The van der Waals surface area contributed by atoms with Gasteiger partial charge in [-0.3, -0.25) is 9.69 Å². The second-order valence-corrected chi connectivity index (χ2v) is 6.78. The smallest absolute Gasteiger partial charge is 0.232 e. The van der Waals surface area contributed by atoms with Crippen molar-refractivity contribution in [1.82, 2.24) is 9.80 Å². The van der Waals surface area contributed by atoms with E-state index in [1.54, 1.807) is 0 Å². The molecule has 0 aliphatic carbocycles. The van der Waals surface area contributed by atoms with Crippen LogP contribution in [0.25, 0.3) is 0 Å². The molecule has 19 heavy (non-hydrogen) atoms. The maximum atomic E-state index is 12.4. The molecule has 4 heteroatoms. The Bertz CT molecular complexity index is 352. The molecule has 0 bridgehead atoms. The van der Waals surface area contributed by atoms with Crippen LogP contribution >= 0.6 is 0 Å². The highest BCUT2D eigenvalue weighted by Crippen LogP contribution is 2.41. The number of rotatable bonds is 3. The molecule has 0 aromatic heterocycles. The van der Waals surface area contributed by atoms with Crippen molar-refractivity contribution in [2.24, 2.45) is 5.41 Å². The van der Waals surface area contributed by atoms with Crippen LogP contribution in [-0.4, -0.2) is 60.6 Å². The van der Waals surface area contributed by atoms with E-state index in [-0.39, 0.29) is 5.41 Å². The van der Waals surface area contributed by atoms with Crippen molar-refractivity contribution in [3.8, 4) is 0 Å². The largest absolute Gasteiger partial charge is 0.377 e. The zero-order valence-electron chi connectivity index (χ0n) is 12.2. The van der Waals surface area contributed by atoms with E-state index < -0.39 is 0 Å². The Kier molecular flexibility index (Phi) is 3.56. The van der Waals surface area contributed by atoms with Crippen molar-refractivity contribution in [3.63, 3.8) is 0 Å². The third kappa shape index (κ3) is 2.40. The minimum absolute atomic E-state index is 0.0544. The third-order valence-corrected chi connectivity index (χ3v) is 4.95. The molecular formula is C15H26N2O2. The van der Waals surface area contributed by atoms with Crippen LogP contribution in [0.3, 0.4) is 0 Å². The molecule has 1 spiro atoms. The molecule has 108 valence electrons. The number of hydrogen-bond acceptors (Lipinski definition) is 3. The molecule has 0 aromatic carbocycles. The standard InChI is InChI=1S/C15H26N2O2/c1-12(2)17-11-15(14(17)18)6-4-7-16(10-15)9-13-5-3-8-19-13/h12-13H,3-11H2,1-2H3/t13-,15-/m1/s1. The zero-order valence-corrected chi connectivity index (χ0v) is 12.2. The van der Waals surface area contributed by atoms with Gasteiger partial charge in [0.2, 0.25) is 5.91 Å². The summed E-state index contributed by atoms with van der Waals surface area (Å²) in [5, 5.41) is 0. The molecule has 3 aliphatic heterocycles. The Morgan fingerprint density at radius 3 is 2.84 bits per heavy atom. The fourth-order valence-electron chi connectivity index (χ4n) is 3.86. The van der Waals surface area contributed by atoms with Crippen LogP contribution in [-0.2, 0) is 9.53 Å². The SMILES string of the molecule is CC(C)N1C[C@]2(CCCN(C[C@H]3CCCO3)C2)C1=O. The van der Waals surface area contributed by atoms with Crippen LogP contribution < -0.4 is 0 Å². The quantitative estimate of drug-likeness (QED) is 0.726. The Morgan fingerprint density at radius 1 is 1.37 bits per heavy atom. The van der Waals surface area contributed by atoms with Crippen LogP contribution in [0.1, 0.15) is 39.5 Å². The molecule has 0 aromatic rings. The zero-order chi connectivity index (χ0) is 13.5. The molecule has 0 saturated carbocycles. The van der Waals surface area contributed by atoms with Gasteiger partial charge in [0.15, 0.2) is 0 Å². The van der Waals surface area contributed by atoms with E-state index in [1.807, 2.05) is 4.90 Å². The molecule has 2 atom stereocenters. The average molecular weight is 266 g/mol. The lowest BCUT2D eigenvalue weighted by molar-refractivity contribution is -0.170. The van der Waals surface area contributed by atoms with Gasteiger partial charge in [0, 0.05) is 32.3 Å². The topological polar surface area (TPSA) is 32.8 Å². The van der Waals surface area contributed by atoms with Gasteiger partial charge in [0.1, 0.15) is 0 Å². The molecule has 3 saturated heterocycles. The minimum Gasteiger partial charge on any atom is -0.377 e. The Hall–Kier alpha value is -0.610. The highest BCUT2D eigenvalue weighted by Gasteiger charge is 2.54. The van der Waals surface area contributed by atoms with Crippen molar-refractivity contribution >= 4 is 5.91 Å². The number of hydrogen-bond donors (Lipinski definition) is 0. The van der Waals surface area contributed by atoms with Gasteiger partial charge in [-0.2, -0.15) is 0 Å². The molecule has 0 N–H and O–H groups in total. The van der Waals surface area contributed by atoms with Gasteiger partial charge in [-0.15, -0.1) is 0 Å². The van der Waals surface area contributed by atoms with E-state index in [0.717, 1.165) is 45.6 Å². The van der Waals surface area contributed by atoms with E-state index >= 15 is 0 Å². The van der Waals surface area contributed by atoms with Crippen molar-refractivity contribution in [2.45, 2.75) is 51.7 Å². The fraction of sp³-hybridized carbons (Fsp3) is 0.933. The summed E-state index contributed by atoms with van der Waals surface area (Å²) in [6.07, 6.45) is 5.03. The summed E-state index contributed by atoms with van der Waals surface area (Å²) in [6.45, 7) is 9.22. The lowest BCUT2D eigenvalue weighted by atomic mass is 9.71. The predicted molar refractivity (Wildman–Crippen MR) is 73.9 cm³/mol. The first-order valence-corrected chi connectivity index (χ1v) is 7.76. The number of nitrogens with zero attached hydrogens (tertiary/aromatic N) is 2. The molecule has 3 rings (SSSR count). The van der Waals surface area contributed by atoms with Crippen molar-refractivity contribution < 1.29 is 9.53 Å². The summed E-state index contributed by atoms with van der Waals surface area (Å²) in [7, 11) is 0. The van der Waals surface area contributed by atoms with E-state index in [2.05, 4.69) is 18.7 Å². The molecule has 1 amide bonds. The highest BCUT2D eigenvalue weighted by atomic mass is 16.5. The molecule has 0 radical (unpaired) electrons. The van der Waals surface area contributed by atoms with Crippen molar-refractivity contribution in [2.75, 3.05) is 32.8 Å². The van der Waals surface area contributed by atoms with Crippen LogP contribution in [0, 0.1) is 5.41 Å². The molecule has 3 heterocycles. The second-order valence-electron chi connectivity index (χ2n) is 6.78. The van der Waals surface area contributed by atoms with Gasteiger partial charge in [-0.1, -0.05) is 0 Å². The number of carbonyl (C=O) groups excluding carboxylic acids is 1. The second kappa shape index (κ2) is 5.06. The first kappa shape index (κ1) is 13.4. The number of β-lactam (4-membered cyclic amide) rings is 1. The third-order valence-electron chi connectivity index (χ3n) is 4.95. The molecule has 3 fully saturated rings. The summed E-state index contributed by atoms with van der Waals surface area (Å²) in [6, 6.07) is 0.353. The summed E-state index contributed by atoms with van der Waals surface area (Å²) in [5.74, 6) is 0.388. The maximum Gasteiger partial charge on any atom is 0.232 e. The first-order valence-electron chi connectivity index (χ1n) is 7.76. The monoisotopic (exact) mass is 266 g/mol. The fourth-order valence-corrected chi connectivity index (χ4v) is 3.86. The van der Waals surface area contributed by atoms with Gasteiger partial charge in [0.25, 0.3) is 0 Å². The van der Waals surface area contributed by atoms with Gasteiger partial charge in [0.05, 0.1) is 11.5 Å². The van der Waals surface area contributed by atoms with Crippen molar-refractivity contribution in [3.05, 3.63) is 0 Å². The van der Waals surface area contributed by atoms with E-state index in [9.17, 15) is 4.79 Å². The van der Waals surface area contributed by atoms with Crippen LogP contribution in [0.2, 0.25) is 0 Å². The summed E-state index contributed by atoms with van der Waals surface area (Å²) in [4.78, 5) is 16.9. The van der Waals surface area contributed by atoms with Gasteiger partial charge >= 0.3 is 0 Å². The van der Waals surface area contributed by atoms with E-state index in [4.69, 9.17) is 4.74 Å². The summed E-state index contributed by atoms with van der Waals surface area (Å²) in [5.41, 5.74) is -0.0544. The van der Waals surface area contributed by atoms with Gasteiger partial charge in [-0.25, -0.2) is 0 Å². The summed E-state index contributed by atoms with van der Waals surface area (Å²) < 4.78 is 5.72. The molecule has 4 nitrogen and oxygen atoms in total. The van der Waals surface area contributed by atoms with Gasteiger partial charge in [-0.05, 0) is 46.1 Å². The Morgan fingerprint density at radius 2 is 2.21 bits per heavy atom. The maximum absolute atomic E-state index is 12.4. The molecular weight excluding hydrogens is 240 g/mol. The predicted octanol–water partition coefficient (Wildman–Crippen LogP) is 1.50. The van der Waals surface area contributed by atoms with Gasteiger partial charge < -0.3 is 9.64 Å². The lowest BCUT2D eigenvalue weighted by Crippen LogP contribution is -2.68. The normalized spacial score (nSPS) is 36.3. The molecule has 3 aliphatic rings. The van der Waals surface area contributed by atoms with E-state index in [0.29, 0.717) is 18.1 Å².